The van der Waals surface area contributed by atoms with Crippen molar-refractivity contribution < 1.29 is 9.59 Å². The second-order valence-corrected chi connectivity index (χ2v) is 13.4. The van der Waals surface area contributed by atoms with Gasteiger partial charge in [-0.15, -0.1) is 0 Å². The molecule has 3 aliphatic rings. The summed E-state index contributed by atoms with van der Waals surface area (Å²) in [5.74, 6) is 0.147. The molecular formula is C42H40N4O2. The zero-order valence-corrected chi connectivity index (χ0v) is 27.8. The zero-order valence-electron chi connectivity index (χ0n) is 27.8. The number of nitrogen functional groups attached to an aromatic ring is 2. The number of fused-ring (bicyclic) bond motifs is 2. The molecule has 1 atom stereocenters. The molecule has 4 N–H and O–H groups in total. The first-order chi connectivity index (χ1) is 23.4. The molecule has 2 amide bonds. The van der Waals surface area contributed by atoms with Crippen LogP contribution in [-0.4, -0.2) is 18.9 Å². The molecule has 0 saturated carbocycles. The van der Waals surface area contributed by atoms with Gasteiger partial charge in [0.2, 0.25) is 6.41 Å². The number of nitrogens with zero attached hydrogens (tertiary/aromatic N) is 2. The highest BCUT2D eigenvalue weighted by molar-refractivity contribution is 6.17. The van der Waals surface area contributed by atoms with Crippen LogP contribution in [0.3, 0.4) is 0 Å². The van der Waals surface area contributed by atoms with Crippen LogP contribution in [0, 0.1) is 6.92 Å². The molecule has 6 heteroatoms. The smallest absolute Gasteiger partial charge is 0.259 e. The van der Waals surface area contributed by atoms with Crippen LogP contribution < -0.4 is 21.3 Å². The largest absolute Gasteiger partial charge is 0.397 e. The van der Waals surface area contributed by atoms with E-state index in [1.165, 1.54) is 55.3 Å². The van der Waals surface area contributed by atoms with Crippen LogP contribution in [0.5, 0.6) is 0 Å². The fourth-order valence-electron chi connectivity index (χ4n) is 8.62. The average molecular weight is 633 g/mol. The number of allylic oxidation sites excluding steroid dienone is 1. The van der Waals surface area contributed by atoms with Crippen molar-refractivity contribution in [2.45, 2.75) is 58.9 Å². The molecule has 0 fully saturated rings. The maximum atomic E-state index is 14.4. The predicted molar refractivity (Wildman–Crippen MR) is 198 cm³/mol. The topological polar surface area (TPSA) is 92.7 Å². The standard InChI is InChI=1S/C42H40N4O2/c1-4-10-26-19-28(21-45(23-47)34-13-8-6-11-32(34)43)36-24(3)15-17-29-30-18-16-27-22-46(35-14-9-7-12-33(35)44)42(48)31-20-25(5-2)38(39(26)40(29)36)41(30)37(27)31/h6-9,11-17,19-20,23,30H,4-5,10,18,21-22,43-44H2,1-3H3. The van der Waals surface area contributed by atoms with Crippen molar-refractivity contribution in [3.8, 4) is 11.1 Å². The minimum Gasteiger partial charge on any atom is -0.397 e. The Labute approximate surface area is 281 Å². The number of nitrogens with two attached hydrogens (primary N) is 2. The molecule has 0 saturated heterocycles. The number of rotatable bonds is 8. The van der Waals surface area contributed by atoms with Gasteiger partial charge < -0.3 is 21.3 Å². The van der Waals surface area contributed by atoms with Gasteiger partial charge in [0.15, 0.2) is 0 Å². The first-order valence-electron chi connectivity index (χ1n) is 17.1. The highest BCUT2D eigenvalue weighted by atomic mass is 16.2. The van der Waals surface area contributed by atoms with E-state index in [9.17, 15) is 9.59 Å². The van der Waals surface area contributed by atoms with Gasteiger partial charge in [-0.25, -0.2) is 0 Å². The van der Waals surface area contributed by atoms with E-state index in [0.717, 1.165) is 54.5 Å². The van der Waals surface area contributed by atoms with Gasteiger partial charge >= 0.3 is 0 Å². The quantitative estimate of drug-likeness (QED) is 0.132. The Morgan fingerprint density at radius 1 is 0.875 bits per heavy atom. The number of carbonyl (C=O) groups is 2. The summed E-state index contributed by atoms with van der Waals surface area (Å²) < 4.78 is 0. The number of hydrogen-bond acceptors (Lipinski definition) is 4. The molecule has 5 aromatic rings. The molecule has 0 spiro atoms. The molecule has 8 rings (SSSR count). The Bertz CT molecular complexity index is 2210. The number of hydrogen-bond donors (Lipinski definition) is 2. The summed E-state index contributed by atoms with van der Waals surface area (Å²) in [6.07, 6.45) is 6.82. The normalized spacial score (nSPS) is 15.7. The molecule has 6 nitrogen and oxygen atoms in total. The van der Waals surface area contributed by atoms with E-state index < -0.39 is 0 Å². The van der Waals surface area contributed by atoms with Gasteiger partial charge in [-0.1, -0.05) is 68.8 Å². The molecule has 1 unspecified atom stereocenters. The van der Waals surface area contributed by atoms with E-state index in [1.807, 2.05) is 53.4 Å². The molecule has 1 heterocycles. The molecular weight excluding hydrogens is 592 g/mol. The Morgan fingerprint density at radius 2 is 1.65 bits per heavy atom. The first kappa shape index (κ1) is 30.0. The Morgan fingerprint density at radius 3 is 2.38 bits per heavy atom. The average Bonchev–Trinajstić information content (AvgIpc) is 3.09. The van der Waals surface area contributed by atoms with E-state index >= 15 is 0 Å². The number of benzene rings is 5. The summed E-state index contributed by atoms with van der Waals surface area (Å²) in [6, 6.07) is 24.3. The summed E-state index contributed by atoms with van der Waals surface area (Å²) in [5, 5.41) is 2.51. The second kappa shape index (κ2) is 11.4. The van der Waals surface area contributed by atoms with Crippen molar-refractivity contribution in [2.75, 3.05) is 27.8 Å². The van der Waals surface area contributed by atoms with Gasteiger partial charge in [-0.2, -0.15) is 0 Å². The van der Waals surface area contributed by atoms with Crippen LogP contribution in [0.2, 0.25) is 0 Å². The van der Waals surface area contributed by atoms with Crippen LogP contribution in [0.4, 0.5) is 22.7 Å². The number of anilines is 4. The van der Waals surface area contributed by atoms with Gasteiger partial charge in [0.25, 0.3) is 5.91 Å². The second-order valence-electron chi connectivity index (χ2n) is 13.4. The van der Waals surface area contributed by atoms with Crippen LogP contribution in [0.25, 0.3) is 27.5 Å². The molecule has 1 aliphatic heterocycles. The van der Waals surface area contributed by atoms with Crippen molar-refractivity contribution >= 4 is 51.4 Å². The molecule has 0 bridgehead atoms. The minimum absolute atomic E-state index is 0.0105. The predicted octanol–water partition coefficient (Wildman–Crippen LogP) is 8.55. The summed E-state index contributed by atoms with van der Waals surface area (Å²) in [6.45, 7) is 7.53. The van der Waals surface area contributed by atoms with Gasteiger partial charge in [-0.3, -0.25) is 9.59 Å². The summed E-state index contributed by atoms with van der Waals surface area (Å²) >= 11 is 0. The third-order valence-electron chi connectivity index (χ3n) is 10.7. The minimum atomic E-state index is 0.0105. The monoisotopic (exact) mass is 632 g/mol. The third-order valence-corrected chi connectivity index (χ3v) is 10.7. The van der Waals surface area contributed by atoms with E-state index in [4.69, 9.17) is 11.5 Å². The lowest BCUT2D eigenvalue weighted by Gasteiger charge is -2.41. The lowest BCUT2D eigenvalue weighted by molar-refractivity contribution is -0.107. The van der Waals surface area contributed by atoms with E-state index in [-0.39, 0.29) is 11.8 Å². The molecule has 5 aromatic carbocycles. The zero-order chi connectivity index (χ0) is 33.3. The van der Waals surface area contributed by atoms with E-state index in [0.29, 0.717) is 30.2 Å². The summed E-state index contributed by atoms with van der Waals surface area (Å²) in [4.78, 5) is 30.5. The van der Waals surface area contributed by atoms with Gasteiger partial charge in [0.05, 0.1) is 35.8 Å². The highest BCUT2D eigenvalue weighted by Gasteiger charge is 2.41. The highest BCUT2D eigenvalue weighted by Crippen LogP contribution is 2.56. The van der Waals surface area contributed by atoms with Crippen molar-refractivity contribution in [2.24, 2.45) is 0 Å². The Hall–Kier alpha value is -5.36. The fraction of sp³-hybridized carbons (Fsp3) is 0.238. The molecule has 240 valence electrons. The molecule has 0 aromatic heterocycles. The van der Waals surface area contributed by atoms with Crippen LogP contribution in [0.15, 0.2) is 78.9 Å². The van der Waals surface area contributed by atoms with Gasteiger partial charge in [0, 0.05) is 11.5 Å². The number of carbonyl (C=O) groups excluding carboxylic acids is 2. The van der Waals surface area contributed by atoms with Crippen molar-refractivity contribution in [1.82, 2.24) is 0 Å². The molecule has 2 aliphatic carbocycles. The SMILES string of the molecule is CCCc1cc(CN(C=O)c2ccccc2N)c2c(C)ccc3c2c1-c1c(CC)cc2c4c1C3CC=C4CN(c1ccccc1N)C2=O. The number of aryl methyl sites for hydroxylation is 3. The first-order valence-corrected chi connectivity index (χ1v) is 17.1. The van der Waals surface area contributed by atoms with Crippen molar-refractivity contribution in [1.29, 1.82) is 0 Å². The lowest BCUT2D eigenvalue weighted by atomic mass is 9.65. The Kier molecular flexibility index (Phi) is 7.13. The Balaban J connectivity index is 1.39. The number of amides is 2. The van der Waals surface area contributed by atoms with Gasteiger partial charge in [-0.05, 0) is 123 Å². The molecule has 0 radical (unpaired) electrons. The van der Waals surface area contributed by atoms with Gasteiger partial charge in [0.1, 0.15) is 0 Å². The van der Waals surface area contributed by atoms with E-state index in [1.54, 1.807) is 4.90 Å². The summed E-state index contributed by atoms with van der Waals surface area (Å²) in [5.41, 5.74) is 28.6. The van der Waals surface area contributed by atoms with Crippen LogP contribution in [-0.2, 0) is 24.2 Å². The summed E-state index contributed by atoms with van der Waals surface area (Å²) in [7, 11) is 0. The fourth-order valence-corrected chi connectivity index (χ4v) is 8.62. The van der Waals surface area contributed by atoms with E-state index in [2.05, 4.69) is 51.1 Å². The van der Waals surface area contributed by atoms with Crippen molar-refractivity contribution in [3.05, 3.63) is 123 Å². The number of para-hydroxylation sites is 4. The third kappa shape index (κ3) is 4.32. The molecule has 48 heavy (non-hydrogen) atoms. The maximum Gasteiger partial charge on any atom is 0.259 e. The van der Waals surface area contributed by atoms with Crippen molar-refractivity contribution in [3.63, 3.8) is 0 Å². The maximum absolute atomic E-state index is 14.4. The van der Waals surface area contributed by atoms with Crippen LogP contribution in [0.1, 0.15) is 81.9 Å². The lowest BCUT2D eigenvalue weighted by Crippen LogP contribution is -2.39. The van der Waals surface area contributed by atoms with Crippen LogP contribution >= 0.6 is 0 Å².